The van der Waals surface area contributed by atoms with Crippen molar-refractivity contribution in [3.8, 4) is 0 Å². The molecule has 102 valence electrons. The van der Waals surface area contributed by atoms with Gasteiger partial charge in [0.15, 0.2) is 5.16 Å². The number of imidazole rings is 1. The lowest BCUT2D eigenvalue weighted by atomic mass is 10.1. The summed E-state index contributed by atoms with van der Waals surface area (Å²) in [6, 6.07) is 8.54. The summed E-state index contributed by atoms with van der Waals surface area (Å²) < 4.78 is 1.96. The third-order valence-electron chi connectivity index (χ3n) is 3.29. The number of aromatic nitrogens is 2. The fourth-order valence-corrected chi connectivity index (χ4v) is 2.93. The van der Waals surface area contributed by atoms with Crippen molar-refractivity contribution < 1.29 is 5.11 Å². The van der Waals surface area contributed by atoms with Gasteiger partial charge in [-0.2, -0.15) is 0 Å². The van der Waals surface area contributed by atoms with Crippen molar-refractivity contribution in [1.82, 2.24) is 9.55 Å². The first kappa shape index (κ1) is 14.2. The van der Waals surface area contributed by atoms with Gasteiger partial charge in [-0.15, -0.1) is 0 Å². The molecule has 0 unspecified atom stereocenters. The van der Waals surface area contributed by atoms with Crippen LogP contribution in [0.2, 0.25) is 0 Å². The molecule has 0 atom stereocenters. The zero-order valence-corrected chi connectivity index (χ0v) is 12.3. The quantitative estimate of drug-likeness (QED) is 0.651. The molecule has 0 spiro atoms. The van der Waals surface area contributed by atoms with Gasteiger partial charge in [-0.05, 0) is 30.9 Å². The molecule has 0 aliphatic rings. The van der Waals surface area contributed by atoms with Crippen LogP contribution < -0.4 is 0 Å². The highest BCUT2D eigenvalue weighted by molar-refractivity contribution is 7.99. The molecule has 1 aromatic heterocycles. The largest absolute Gasteiger partial charge is 0.390 e. The maximum Gasteiger partial charge on any atom is 0.167 e. The Balaban J connectivity index is 1.81. The van der Waals surface area contributed by atoms with E-state index in [0.29, 0.717) is 0 Å². The highest BCUT2D eigenvalue weighted by Gasteiger charge is 2.06. The van der Waals surface area contributed by atoms with Crippen LogP contribution in [0.15, 0.2) is 35.6 Å². The zero-order chi connectivity index (χ0) is 13.7. The highest BCUT2D eigenvalue weighted by Crippen LogP contribution is 2.19. The molecule has 2 aromatic rings. The van der Waals surface area contributed by atoms with E-state index in [-0.39, 0.29) is 6.61 Å². The maximum absolute atomic E-state index is 9.11. The van der Waals surface area contributed by atoms with Crippen LogP contribution in [-0.4, -0.2) is 20.4 Å². The number of aryl methyl sites for hydroxylation is 2. The molecule has 3 nitrogen and oxygen atoms in total. The van der Waals surface area contributed by atoms with Gasteiger partial charge in [-0.3, -0.25) is 0 Å². The van der Waals surface area contributed by atoms with Crippen LogP contribution in [-0.2, 0) is 20.1 Å². The fraction of sp³-hybridized carbons (Fsp3) is 0.400. The van der Waals surface area contributed by atoms with Crippen molar-refractivity contribution in [3.63, 3.8) is 0 Å². The molecule has 0 saturated heterocycles. The minimum atomic E-state index is 0.0489. The number of aliphatic hydroxyl groups excluding tert-OH is 1. The second kappa shape index (κ2) is 6.78. The number of hydrogen-bond donors (Lipinski definition) is 1. The van der Waals surface area contributed by atoms with Crippen LogP contribution in [0.25, 0.3) is 0 Å². The Bertz CT molecular complexity index is 537. The van der Waals surface area contributed by atoms with Gasteiger partial charge in [0.25, 0.3) is 0 Å². The highest BCUT2D eigenvalue weighted by atomic mass is 32.2. The molecule has 4 heteroatoms. The second-order valence-electron chi connectivity index (χ2n) is 4.63. The van der Waals surface area contributed by atoms with E-state index in [1.54, 1.807) is 18.0 Å². The number of aliphatic hydroxyl groups is 1. The predicted molar refractivity (Wildman–Crippen MR) is 79.4 cm³/mol. The topological polar surface area (TPSA) is 38.1 Å². The molecule has 0 aliphatic carbocycles. The van der Waals surface area contributed by atoms with Crippen LogP contribution in [0, 0.1) is 6.92 Å². The average Bonchev–Trinajstić information content (AvgIpc) is 2.77. The SMILES string of the molecule is Cc1ccccc1CCCSc1ncc(CO)n1C. The van der Waals surface area contributed by atoms with E-state index >= 15 is 0 Å². The summed E-state index contributed by atoms with van der Waals surface area (Å²) in [5, 5.41) is 10.1. The summed E-state index contributed by atoms with van der Waals surface area (Å²) >= 11 is 1.75. The molecule has 1 heterocycles. The molecular formula is C15H20N2OS. The van der Waals surface area contributed by atoms with Gasteiger partial charge in [0.1, 0.15) is 0 Å². The van der Waals surface area contributed by atoms with E-state index < -0.39 is 0 Å². The van der Waals surface area contributed by atoms with Gasteiger partial charge in [-0.25, -0.2) is 4.98 Å². The molecule has 0 bridgehead atoms. The zero-order valence-electron chi connectivity index (χ0n) is 11.5. The Morgan fingerprint density at radius 2 is 2.11 bits per heavy atom. The maximum atomic E-state index is 9.11. The number of benzene rings is 1. The fourth-order valence-electron chi connectivity index (χ4n) is 2.02. The summed E-state index contributed by atoms with van der Waals surface area (Å²) in [6.45, 7) is 2.21. The van der Waals surface area contributed by atoms with Crippen molar-refractivity contribution in [1.29, 1.82) is 0 Å². The lowest BCUT2D eigenvalue weighted by Crippen LogP contribution is -1.98. The van der Waals surface area contributed by atoms with Crippen LogP contribution in [0.4, 0.5) is 0 Å². The average molecular weight is 276 g/mol. The third-order valence-corrected chi connectivity index (χ3v) is 4.42. The number of nitrogens with zero attached hydrogens (tertiary/aromatic N) is 2. The molecule has 0 amide bonds. The van der Waals surface area contributed by atoms with E-state index in [2.05, 4.69) is 36.2 Å². The van der Waals surface area contributed by atoms with E-state index in [4.69, 9.17) is 5.11 Å². The van der Waals surface area contributed by atoms with E-state index in [0.717, 1.165) is 29.4 Å². The lowest BCUT2D eigenvalue weighted by Gasteiger charge is -2.06. The second-order valence-corrected chi connectivity index (χ2v) is 5.69. The van der Waals surface area contributed by atoms with E-state index in [9.17, 15) is 0 Å². The summed E-state index contributed by atoms with van der Waals surface area (Å²) in [4.78, 5) is 4.31. The first-order valence-corrected chi connectivity index (χ1v) is 7.49. The Labute approximate surface area is 118 Å². The van der Waals surface area contributed by atoms with Crippen molar-refractivity contribution in [3.05, 3.63) is 47.3 Å². The molecule has 0 aliphatic heterocycles. The molecule has 19 heavy (non-hydrogen) atoms. The molecule has 1 N–H and O–H groups in total. The van der Waals surface area contributed by atoms with Gasteiger partial charge in [-0.1, -0.05) is 36.0 Å². The normalized spacial score (nSPS) is 10.9. The minimum absolute atomic E-state index is 0.0489. The summed E-state index contributed by atoms with van der Waals surface area (Å²) in [7, 11) is 1.95. The smallest absolute Gasteiger partial charge is 0.167 e. The Hall–Kier alpha value is -1.26. The van der Waals surface area contributed by atoms with E-state index in [1.165, 1.54) is 11.1 Å². The van der Waals surface area contributed by atoms with Crippen molar-refractivity contribution in [2.45, 2.75) is 31.5 Å². The molecule has 2 rings (SSSR count). The monoisotopic (exact) mass is 276 g/mol. The summed E-state index contributed by atoms with van der Waals surface area (Å²) in [6.07, 6.45) is 3.98. The minimum Gasteiger partial charge on any atom is -0.390 e. The number of thioether (sulfide) groups is 1. The van der Waals surface area contributed by atoms with Gasteiger partial charge in [0.05, 0.1) is 18.5 Å². The van der Waals surface area contributed by atoms with E-state index in [1.807, 2.05) is 11.6 Å². The van der Waals surface area contributed by atoms with Crippen molar-refractivity contribution >= 4 is 11.8 Å². The molecule has 0 radical (unpaired) electrons. The van der Waals surface area contributed by atoms with Gasteiger partial charge in [0, 0.05) is 12.8 Å². The lowest BCUT2D eigenvalue weighted by molar-refractivity contribution is 0.271. The molecule has 0 fully saturated rings. The van der Waals surface area contributed by atoms with Crippen molar-refractivity contribution in [2.75, 3.05) is 5.75 Å². The van der Waals surface area contributed by atoms with Crippen LogP contribution in [0.3, 0.4) is 0 Å². The van der Waals surface area contributed by atoms with Gasteiger partial charge >= 0.3 is 0 Å². The predicted octanol–water partition coefficient (Wildman–Crippen LogP) is 2.95. The van der Waals surface area contributed by atoms with Crippen LogP contribution in [0.1, 0.15) is 23.2 Å². The van der Waals surface area contributed by atoms with Crippen LogP contribution >= 0.6 is 11.8 Å². The van der Waals surface area contributed by atoms with Crippen molar-refractivity contribution in [2.24, 2.45) is 7.05 Å². The number of rotatable bonds is 6. The Morgan fingerprint density at radius 3 is 2.79 bits per heavy atom. The molecule has 1 aromatic carbocycles. The first-order chi connectivity index (χ1) is 9.22. The molecular weight excluding hydrogens is 256 g/mol. The summed E-state index contributed by atoms with van der Waals surface area (Å²) in [5.41, 5.74) is 3.66. The Morgan fingerprint density at radius 1 is 1.32 bits per heavy atom. The van der Waals surface area contributed by atoms with Crippen LogP contribution in [0.5, 0.6) is 0 Å². The van der Waals surface area contributed by atoms with Gasteiger partial charge in [0.2, 0.25) is 0 Å². The summed E-state index contributed by atoms with van der Waals surface area (Å²) in [5.74, 6) is 1.05. The third kappa shape index (κ3) is 3.61. The number of hydrogen-bond acceptors (Lipinski definition) is 3. The standard InChI is InChI=1S/C15H20N2OS/c1-12-6-3-4-7-13(12)8-5-9-19-15-16-10-14(11-18)17(15)2/h3-4,6-7,10,18H,5,8-9,11H2,1-2H3. The first-order valence-electron chi connectivity index (χ1n) is 6.51. The Kier molecular flexibility index (Phi) is 5.05. The molecule has 0 saturated carbocycles. The van der Waals surface area contributed by atoms with Gasteiger partial charge < -0.3 is 9.67 Å².